The summed E-state index contributed by atoms with van der Waals surface area (Å²) >= 11 is 0. The van der Waals surface area contributed by atoms with Crippen LogP contribution in [0.3, 0.4) is 0 Å². The van der Waals surface area contributed by atoms with Gasteiger partial charge in [-0.1, -0.05) is 41.4 Å². The van der Waals surface area contributed by atoms with E-state index in [4.69, 9.17) is 9.73 Å². The van der Waals surface area contributed by atoms with Crippen LogP contribution < -0.4 is 4.57 Å². The Morgan fingerprint density at radius 1 is 0.960 bits per heavy atom. The molecule has 4 rings (SSSR count). The van der Waals surface area contributed by atoms with E-state index in [9.17, 15) is 4.79 Å². The molecule has 0 saturated heterocycles. The van der Waals surface area contributed by atoms with Gasteiger partial charge < -0.3 is 4.74 Å². The van der Waals surface area contributed by atoms with E-state index in [0.29, 0.717) is 5.56 Å². The summed E-state index contributed by atoms with van der Waals surface area (Å²) in [4.78, 5) is 16.6. The number of carbonyl (C=O) groups excluding carboxylic acids is 1. The third kappa shape index (κ3) is 2.72. The second-order valence-electron chi connectivity index (χ2n) is 5.83. The van der Waals surface area contributed by atoms with Crippen LogP contribution in [-0.2, 0) is 4.74 Å². The van der Waals surface area contributed by atoms with Crippen LogP contribution in [0.15, 0.2) is 84.0 Å². The molecule has 0 fully saturated rings. The second-order valence-corrected chi connectivity index (χ2v) is 5.83. The van der Waals surface area contributed by atoms with Gasteiger partial charge >= 0.3 is 11.8 Å². The Morgan fingerprint density at radius 2 is 1.68 bits per heavy atom. The highest BCUT2D eigenvalue weighted by Crippen LogP contribution is 2.28. The number of aliphatic imine (C=N–C) groups is 1. The molecule has 4 nitrogen and oxygen atoms in total. The first-order valence-electron chi connectivity index (χ1n) is 8.10. The summed E-state index contributed by atoms with van der Waals surface area (Å²) in [5.74, 6) is 0.538. The van der Waals surface area contributed by atoms with Crippen LogP contribution in [0.25, 0.3) is 0 Å². The van der Waals surface area contributed by atoms with Crippen LogP contribution in [0.5, 0.6) is 0 Å². The predicted molar refractivity (Wildman–Crippen MR) is 94.6 cm³/mol. The predicted octanol–water partition coefficient (Wildman–Crippen LogP) is 3.16. The number of ether oxygens (including phenoxy) is 1. The number of esters is 1. The Labute approximate surface area is 146 Å². The molecule has 2 aromatic carbocycles. The molecule has 0 aliphatic carbocycles. The number of hydrogen-bond donors (Lipinski definition) is 0. The first-order valence-corrected chi connectivity index (χ1v) is 8.10. The molecule has 0 amide bonds. The van der Waals surface area contributed by atoms with Gasteiger partial charge in [-0.15, -0.1) is 0 Å². The van der Waals surface area contributed by atoms with E-state index < -0.39 is 0 Å². The molecule has 1 aliphatic heterocycles. The lowest BCUT2D eigenvalue weighted by molar-refractivity contribution is -0.557. The van der Waals surface area contributed by atoms with E-state index in [1.807, 2.05) is 48.7 Å². The molecule has 122 valence electrons. The number of pyridine rings is 1. The maximum atomic E-state index is 11.6. The molecule has 1 aliphatic rings. The third-order valence-electron chi connectivity index (χ3n) is 4.33. The van der Waals surface area contributed by atoms with Crippen LogP contribution in [0.4, 0.5) is 0 Å². The van der Waals surface area contributed by atoms with Crippen molar-refractivity contribution in [2.45, 2.75) is 6.04 Å². The molecule has 0 N–H and O–H groups in total. The molecular weight excluding hydrogens is 312 g/mol. The average Bonchev–Trinajstić information content (AvgIpc) is 3.08. The van der Waals surface area contributed by atoms with Crippen molar-refractivity contribution < 1.29 is 14.1 Å². The van der Waals surface area contributed by atoms with E-state index in [1.165, 1.54) is 7.11 Å². The van der Waals surface area contributed by atoms with Crippen molar-refractivity contribution in [2.75, 3.05) is 7.11 Å². The average molecular weight is 329 g/mol. The zero-order valence-electron chi connectivity index (χ0n) is 13.8. The number of hydrogen-bond acceptors (Lipinski definition) is 3. The van der Waals surface area contributed by atoms with Crippen LogP contribution in [-0.4, -0.2) is 18.9 Å². The van der Waals surface area contributed by atoms with Gasteiger partial charge in [-0.05, 0) is 36.4 Å². The number of nitrogens with zero attached hydrogens (tertiary/aromatic N) is 2. The Bertz CT molecular complexity index is 947. The van der Waals surface area contributed by atoms with E-state index in [1.54, 1.807) is 12.1 Å². The summed E-state index contributed by atoms with van der Waals surface area (Å²) in [5, 5.41) is 0. The van der Waals surface area contributed by atoms with Crippen LogP contribution >= 0.6 is 0 Å². The molecule has 1 aromatic heterocycles. The summed E-state index contributed by atoms with van der Waals surface area (Å²) in [6.45, 7) is 0. The zero-order valence-corrected chi connectivity index (χ0v) is 13.8. The van der Waals surface area contributed by atoms with Crippen LogP contribution in [0, 0.1) is 0 Å². The Kier molecular flexibility index (Phi) is 3.86. The van der Waals surface area contributed by atoms with Crippen LogP contribution in [0.2, 0.25) is 0 Å². The number of rotatable bonds is 3. The molecule has 2 heterocycles. The van der Waals surface area contributed by atoms with Crippen molar-refractivity contribution in [1.82, 2.24) is 0 Å². The van der Waals surface area contributed by atoms with Crippen molar-refractivity contribution in [1.29, 1.82) is 0 Å². The van der Waals surface area contributed by atoms with Gasteiger partial charge in [-0.2, -0.15) is 4.57 Å². The Morgan fingerprint density at radius 3 is 2.40 bits per heavy atom. The minimum atomic E-state index is -0.338. The first kappa shape index (κ1) is 15.3. The zero-order chi connectivity index (χ0) is 17.2. The highest BCUT2D eigenvalue weighted by Gasteiger charge is 2.36. The highest BCUT2D eigenvalue weighted by molar-refractivity contribution is 5.95. The second kappa shape index (κ2) is 6.32. The van der Waals surface area contributed by atoms with Crippen LogP contribution in [0.1, 0.15) is 33.2 Å². The minimum Gasteiger partial charge on any atom is -0.465 e. The van der Waals surface area contributed by atoms with E-state index in [2.05, 4.69) is 22.8 Å². The standard InChI is InChI=1S/C21H17N2O2/c1-25-21(24)17-12-10-16(11-13-17)20-22-19(15-7-3-2-4-8-15)18-9-5-6-14-23(18)20/h2-14,19H,1H3/q+1/t19-/m0/s1. The summed E-state index contributed by atoms with van der Waals surface area (Å²) in [7, 11) is 1.38. The van der Waals surface area contributed by atoms with Gasteiger partial charge in [0.15, 0.2) is 5.69 Å². The highest BCUT2D eigenvalue weighted by atomic mass is 16.5. The van der Waals surface area contributed by atoms with Crippen molar-refractivity contribution in [3.05, 3.63) is 101 Å². The van der Waals surface area contributed by atoms with E-state index in [0.717, 1.165) is 22.7 Å². The van der Waals surface area contributed by atoms with Crippen molar-refractivity contribution >= 4 is 11.8 Å². The van der Waals surface area contributed by atoms with Crippen molar-refractivity contribution in [2.24, 2.45) is 4.99 Å². The molecule has 0 saturated carbocycles. The van der Waals surface area contributed by atoms with Gasteiger partial charge in [0.25, 0.3) is 0 Å². The molecule has 4 heteroatoms. The lowest BCUT2D eigenvalue weighted by Crippen LogP contribution is -2.43. The SMILES string of the molecule is COC(=O)c1ccc(C2=N[C@@H](c3ccccc3)c3cccc[n+]32)cc1. The fraction of sp³-hybridized carbons (Fsp3) is 0.0952. The fourth-order valence-electron chi connectivity index (χ4n) is 3.09. The maximum absolute atomic E-state index is 11.6. The summed E-state index contributed by atoms with van der Waals surface area (Å²) in [6.07, 6.45) is 2.02. The van der Waals surface area contributed by atoms with Crippen molar-refractivity contribution in [3.8, 4) is 0 Å². The number of carbonyl (C=O) groups is 1. The largest absolute Gasteiger partial charge is 0.465 e. The summed E-state index contributed by atoms with van der Waals surface area (Å²) < 4.78 is 6.86. The maximum Gasteiger partial charge on any atom is 0.337 e. The van der Waals surface area contributed by atoms with Crippen molar-refractivity contribution in [3.63, 3.8) is 0 Å². The quantitative estimate of drug-likeness (QED) is 0.547. The van der Waals surface area contributed by atoms with Gasteiger partial charge in [-0.25, -0.2) is 4.79 Å². The number of aromatic nitrogens is 1. The summed E-state index contributed by atoms with van der Waals surface area (Å²) in [6, 6.07) is 23.7. The minimum absolute atomic E-state index is 0.0299. The first-order chi connectivity index (χ1) is 12.3. The van der Waals surface area contributed by atoms with Gasteiger partial charge in [0.1, 0.15) is 0 Å². The molecule has 0 unspecified atom stereocenters. The molecule has 25 heavy (non-hydrogen) atoms. The summed E-state index contributed by atoms with van der Waals surface area (Å²) in [5.41, 5.74) is 3.77. The Hall–Kier alpha value is -3.27. The lowest BCUT2D eigenvalue weighted by atomic mass is 10.0. The van der Waals surface area contributed by atoms with Gasteiger partial charge in [0.2, 0.25) is 6.04 Å². The molecular formula is C21H17N2O2+. The smallest absolute Gasteiger partial charge is 0.337 e. The molecule has 3 aromatic rings. The third-order valence-corrected chi connectivity index (χ3v) is 4.33. The number of fused-ring (bicyclic) bond motifs is 1. The number of methoxy groups -OCH3 is 1. The van der Waals surface area contributed by atoms with Gasteiger partial charge in [0, 0.05) is 5.56 Å². The van der Waals surface area contributed by atoms with Gasteiger partial charge in [0.05, 0.1) is 24.4 Å². The topological polar surface area (TPSA) is 42.5 Å². The molecule has 0 spiro atoms. The molecule has 0 radical (unpaired) electrons. The monoisotopic (exact) mass is 329 g/mol. The van der Waals surface area contributed by atoms with Gasteiger partial charge in [-0.3, -0.25) is 0 Å². The number of benzene rings is 2. The normalized spacial score (nSPS) is 15.4. The van der Waals surface area contributed by atoms with E-state index >= 15 is 0 Å². The lowest BCUT2D eigenvalue weighted by Gasteiger charge is -2.03. The Balaban J connectivity index is 1.78. The fourth-order valence-corrected chi connectivity index (χ4v) is 3.09. The molecule has 1 atom stereocenters. The molecule has 0 bridgehead atoms. The van der Waals surface area contributed by atoms with E-state index in [-0.39, 0.29) is 12.0 Å².